The first-order chi connectivity index (χ1) is 14.7. The quantitative estimate of drug-likeness (QED) is 0.611. The molecule has 0 N–H and O–H groups in total. The number of amides is 1. The molecule has 4 rings (SSSR count). The molecule has 0 spiro atoms. The Morgan fingerprint density at radius 2 is 1.60 bits per heavy atom. The van der Waals surface area contributed by atoms with Gasteiger partial charge in [0.25, 0.3) is 5.91 Å². The van der Waals surface area contributed by atoms with Crippen molar-refractivity contribution < 1.29 is 4.79 Å². The topological polar surface area (TPSA) is 36.4 Å². The third kappa shape index (κ3) is 4.95. The number of pyridine rings is 1. The minimum Gasteiger partial charge on any atom is -0.339 e. The molecule has 1 saturated heterocycles. The Morgan fingerprint density at radius 1 is 0.933 bits per heavy atom. The molecule has 4 nitrogen and oxygen atoms in total. The van der Waals surface area contributed by atoms with Crippen LogP contribution in [0.4, 0.5) is 0 Å². The van der Waals surface area contributed by atoms with Crippen LogP contribution in [-0.2, 0) is 6.42 Å². The smallest absolute Gasteiger partial charge is 0.253 e. The van der Waals surface area contributed by atoms with Crippen LogP contribution in [0, 0.1) is 0 Å². The van der Waals surface area contributed by atoms with Gasteiger partial charge in [-0.2, -0.15) is 0 Å². The highest BCUT2D eigenvalue weighted by Crippen LogP contribution is 2.22. The van der Waals surface area contributed by atoms with E-state index in [9.17, 15) is 4.79 Å². The summed E-state index contributed by atoms with van der Waals surface area (Å²) >= 11 is 0. The van der Waals surface area contributed by atoms with Crippen molar-refractivity contribution in [2.45, 2.75) is 25.3 Å². The van der Waals surface area contributed by atoms with E-state index >= 15 is 0 Å². The Bertz CT molecular complexity index is 933. The van der Waals surface area contributed by atoms with Gasteiger partial charge in [-0.25, -0.2) is 0 Å². The van der Waals surface area contributed by atoms with Gasteiger partial charge in [0, 0.05) is 56.6 Å². The zero-order valence-electron chi connectivity index (χ0n) is 17.6. The third-order valence-electron chi connectivity index (χ3n) is 6.07. The van der Waals surface area contributed by atoms with Crippen LogP contribution in [0.5, 0.6) is 0 Å². The van der Waals surface area contributed by atoms with Crippen LogP contribution in [0.25, 0.3) is 11.1 Å². The molecule has 154 valence electrons. The molecule has 1 aliphatic rings. The number of hydrogen-bond acceptors (Lipinski definition) is 3. The maximum Gasteiger partial charge on any atom is 0.253 e. The second-order valence-electron chi connectivity index (χ2n) is 8.00. The molecule has 0 bridgehead atoms. The number of rotatable bonds is 6. The summed E-state index contributed by atoms with van der Waals surface area (Å²) in [6, 6.07) is 24.6. The number of carbonyl (C=O) groups is 1. The fraction of sp³-hybridized carbons (Fsp3) is 0.308. The number of carbonyl (C=O) groups excluding carboxylic acids is 1. The largest absolute Gasteiger partial charge is 0.339 e. The van der Waals surface area contributed by atoms with Gasteiger partial charge < -0.3 is 9.80 Å². The molecule has 0 atom stereocenters. The van der Waals surface area contributed by atoms with E-state index in [2.05, 4.69) is 28.1 Å². The molecule has 1 aliphatic heterocycles. The van der Waals surface area contributed by atoms with Gasteiger partial charge in [-0.3, -0.25) is 9.78 Å². The molecule has 2 aromatic carbocycles. The molecular formula is C26H29N3O. The summed E-state index contributed by atoms with van der Waals surface area (Å²) in [5.41, 5.74) is 4.21. The van der Waals surface area contributed by atoms with Gasteiger partial charge in [0.15, 0.2) is 0 Å². The molecule has 30 heavy (non-hydrogen) atoms. The van der Waals surface area contributed by atoms with Crippen molar-refractivity contribution in [1.82, 2.24) is 14.8 Å². The predicted molar refractivity (Wildman–Crippen MR) is 121 cm³/mol. The van der Waals surface area contributed by atoms with Crippen LogP contribution in [0.3, 0.4) is 0 Å². The predicted octanol–water partition coefficient (Wildman–Crippen LogP) is 4.53. The fourth-order valence-corrected chi connectivity index (χ4v) is 4.15. The van der Waals surface area contributed by atoms with Gasteiger partial charge in [0.05, 0.1) is 0 Å². The van der Waals surface area contributed by atoms with E-state index in [4.69, 9.17) is 0 Å². The molecule has 3 aromatic rings. The van der Waals surface area contributed by atoms with E-state index in [0.29, 0.717) is 6.04 Å². The summed E-state index contributed by atoms with van der Waals surface area (Å²) in [5, 5.41) is 0. The summed E-state index contributed by atoms with van der Waals surface area (Å²) in [6.07, 6.45) is 4.88. The number of aromatic nitrogens is 1. The molecule has 0 aliphatic carbocycles. The third-order valence-corrected chi connectivity index (χ3v) is 6.07. The normalized spacial score (nSPS) is 15.1. The van der Waals surface area contributed by atoms with E-state index < -0.39 is 0 Å². The number of likely N-dealkylation sites (tertiary alicyclic amines) is 1. The maximum atomic E-state index is 13.0. The Balaban J connectivity index is 1.29. The second kappa shape index (κ2) is 9.68. The van der Waals surface area contributed by atoms with Crippen molar-refractivity contribution in [3.63, 3.8) is 0 Å². The van der Waals surface area contributed by atoms with Crippen molar-refractivity contribution in [3.8, 4) is 11.1 Å². The van der Waals surface area contributed by atoms with Gasteiger partial charge in [-0.15, -0.1) is 0 Å². The average Bonchev–Trinajstić information content (AvgIpc) is 2.83. The molecule has 0 saturated carbocycles. The van der Waals surface area contributed by atoms with Gasteiger partial charge >= 0.3 is 0 Å². The number of piperidine rings is 1. The maximum absolute atomic E-state index is 13.0. The van der Waals surface area contributed by atoms with Gasteiger partial charge in [0.2, 0.25) is 0 Å². The van der Waals surface area contributed by atoms with Crippen LogP contribution < -0.4 is 0 Å². The van der Waals surface area contributed by atoms with Crippen molar-refractivity contribution in [2.24, 2.45) is 0 Å². The molecule has 1 fully saturated rings. The van der Waals surface area contributed by atoms with Crippen molar-refractivity contribution in [3.05, 3.63) is 90.3 Å². The Morgan fingerprint density at radius 3 is 2.27 bits per heavy atom. The molecule has 0 radical (unpaired) electrons. The van der Waals surface area contributed by atoms with Crippen molar-refractivity contribution in [2.75, 3.05) is 26.7 Å². The average molecular weight is 400 g/mol. The van der Waals surface area contributed by atoms with Crippen LogP contribution in [0.2, 0.25) is 0 Å². The summed E-state index contributed by atoms with van der Waals surface area (Å²) < 4.78 is 0. The first-order valence-corrected chi connectivity index (χ1v) is 10.8. The highest BCUT2D eigenvalue weighted by molar-refractivity contribution is 5.94. The first-order valence-electron chi connectivity index (χ1n) is 10.8. The van der Waals surface area contributed by atoms with Gasteiger partial charge in [0.1, 0.15) is 0 Å². The lowest BCUT2D eigenvalue weighted by Gasteiger charge is -2.36. The minimum atomic E-state index is 0.113. The van der Waals surface area contributed by atoms with Crippen LogP contribution in [-0.4, -0.2) is 53.4 Å². The SMILES string of the molecule is CN(C(=O)c1ccc(-c2ccccc2)cc1)C1CCN(CCc2ccccn2)CC1. The van der Waals surface area contributed by atoms with Gasteiger partial charge in [-0.1, -0.05) is 48.5 Å². The monoisotopic (exact) mass is 399 g/mol. The molecule has 1 aromatic heterocycles. The Hall–Kier alpha value is -2.98. The first kappa shape index (κ1) is 20.3. The summed E-state index contributed by atoms with van der Waals surface area (Å²) in [6.45, 7) is 3.09. The Labute approximate surface area is 179 Å². The van der Waals surface area contributed by atoms with E-state index in [0.717, 1.165) is 55.7 Å². The van der Waals surface area contributed by atoms with Crippen molar-refractivity contribution in [1.29, 1.82) is 0 Å². The standard InChI is InChI=1S/C26H29N3O/c1-28(25-15-19-29(20-16-25)18-14-24-9-5-6-17-27-24)26(30)23-12-10-22(11-13-23)21-7-3-2-4-8-21/h2-13,17,25H,14-16,18-20H2,1H3. The summed E-state index contributed by atoms with van der Waals surface area (Å²) in [4.78, 5) is 21.8. The summed E-state index contributed by atoms with van der Waals surface area (Å²) in [5.74, 6) is 0.113. The highest BCUT2D eigenvalue weighted by Gasteiger charge is 2.25. The van der Waals surface area contributed by atoms with E-state index in [1.54, 1.807) is 0 Å². The van der Waals surface area contributed by atoms with Gasteiger partial charge in [-0.05, 0) is 48.2 Å². The Kier molecular flexibility index (Phi) is 6.55. The second-order valence-corrected chi connectivity index (χ2v) is 8.00. The van der Waals surface area contributed by atoms with E-state index in [-0.39, 0.29) is 5.91 Å². The molecule has 4 heteroatoms. The lowest BCUT2D eigenvalue weighted by Crippen LogP contribution is -2.46. The van der Waals surface area contributed by atoms with E-state index in [1.807, 2.05) is 72.7 Å². The lowest BCUT2D eigenvalue weighted by molar-refractivity contribution is 0.0643. The zero-order valence-corrected chi connectivity index (χ0v) is 17.6. The molecule has 1 amide bonds. The molecule has 0 unspecified atom stereocenters. The van der Waals surface area contributed by atoms with Crippen LogP contribution >= 0.6 is 0 Å². The number of benzene rings is 2. The molecule has 2 heterocycles. The highest BCUT2D eigenvalue weighted by atomic mass is 16.2. The number of nitrogens with zero attached hydrogens (tertiary/aromatic N) is 3. The fourth-order valence-electron chi connectivity index (χ4n) is 4.15. The van der Waals surface area contributed by atoms with E-state index in [1.165, 1.54) is 5.56 Å². The van der Waals surface area contributed by atoms with Crippen LogP contribution in [0.15, 0.2) is 79.0 Å². The van der Waals surface area contributed by atoms with Crippen molar-refractivity contribution >= 4 is 5.91 Å². The minimum absolute atomic E-state index is 0.113. The zero-order chi connectivity index (χ0) is 20.8. The number of hydrogen-bond donors (Lipinski definition) is 0. The van der Waals surface area contributed by atoms with Crippen LogP contribution in [0.1, 0.15) is 28.9 Å². The molecular weight excluding hydrogens is 370 g/mol. The lowest BCUT2D eigenvalue weighted by atomic mass is 10.0. The summed E-state index contributed by atoms with van der Waals surface area (Å²) in [7, 11) is 1.95.